The highest BCUT2D eigenvalue weighted by Crippen LogP contribution is 2.36. The molecule has 0 aromatic heterocycles. The number of nitro groups is 1. The summed E-state index contributed by atoms with van der Waals surface area (Å²) in [6, 6.07) is 0. The van der Waals surface area contributed by atoms with Gasteiger partial charge in [-0.25, -0.2) is 0 Å². The highest BCUT2D eigenvalue weighted by molar-refractivity contribution is 5.88. The minimum atomic E-state index is -0.687. The maximum atomic E-state index is 11.8. The number of likely N-dealkylation sites (N-methyl/N-ethyl adjacent to an activating group) is 1. The number of ether oxygens (including phenoxy) is 1. The molecule has 8 nitrogen and oxygen atoms in total. The summed E-state index contributed by atoms with van der Waals surface area (Å²) in [4.78, 5) is 44.5. The van der Waals surface area contributed by atoms with Gasteiger partial charge >= 0.3 is 5.97 Å². The Labute approximate surface area is 116 Å². The molecule has 112 valence electrons. The van der Waals surface area contributed by atoms with Gasteiger partial charge in [-0.05, 0) is 5.92 Å². The summed E-state index contributed by atoms with van der Waals surface area (Å²) >= 11 is 0. The number of carbonyl (C=O) groups is 3. The Bertz CT molecular complexity index is 422. The summed E-state index contributed by atoms with van der Waals surface area (Å²) in [5, 5.41) is 12.9. The van der Waals surface area contributed by atoms with Crippen LogP contribution < -0.4 is 5.32 Å². The molecule has 0 aromatic rings. The molecular formula is C12H18N2O6. The normalized spacial score (nSPS) is 25.3. The van der Waals surface area contributed by atoms with Crippen LogP contribution in [0.3, 0.4) is 0 Å². The SMILES string of the molecule is CNC(=O)COC(=O)C[C@H]1C(=O)C[C@H](C)[C@H]1C[N+](=O)[O-]. The Hall–Kier alpha value is -1.99. The molecule has 1 amide bonds. The largest absolute Gasteiger partial charge is 0.456 e. The minimum Gasteiger partial charge on any atom is -0.456 e. The van der Waals surface area contributed by atoms with Crippen LogP contribution in [0.2, 0.25) is 0 Å². The molecule has 1 saturated carbocycles. The van der Waals surface area contributed by atoms with Gasteiger partial charge in [-0.1, -0.05) is 6.92 Å². The molecule has 1 N–H and O–H groups in total. The van der Waals surface area contributed by atoms with E-state index in [9.17, 15) is 24.5 Å². The molecule has 1 aliphatic rings. The molecule has 3 atom stereocenters. The van der Waals surface area contributed by atoms with Crippen molar-refractivity contribution in [1.82, 2.24) is 5.32 Å². The van der Waals surface area contributed by atoms with Crippen LogP contribution >= 0.6 is 0 Å². The van der Waals surface area contributed by atoms with Crippen molar-refractivity contribution in [2.24, 2.45) is 17.8 Å². The highest BCUT2D eigenvalue weighted by atomic mass is 16.6. The smallest absolute Gasteiger partial charge is 0.307 e. The quantitative estimate of drug-likeness (QED) is 0.410. The second-order valence-electron chi connectivity index (χ2n) is 4.97. The Morgan fingerprint density at radius 1 is 1.50 bits per heavy atom. The topological polar surface area (TPSA) is 116 Å². The van der Waals surface area contributed by atoms with Gasteiger partial charge in [0.2, 0.25) is 6.54 Å². The zero-order valence-corrected chi connectivity index (χ0v) is 11.5. The summed E-state index contributed by atoms with van der Waals surface area (Å²) in [5.74, 6) is -2.55. The number of nitrogens with zero attached hydrogens (tertiary/aromatic N) is 1. The second kappa shape index (κ2) is 6.97. The summed E-state index contributed by atoms with van der Waals surface area (Å²) in [5.41, 5.74) is 0. The second-order valence-corrected chi connectivity index (χ2v) is 4.97. The van der Waals surface area contributed by atoms with E-state index in [-0.39, 0.29) is 31.1 Å². The first-order valence-electron chi connectivity index (χ1n) is 6.35. The summed E-state index contributed by atoms with van der Waals surface area (Å²) in [7, 11) is 1.41. The fraction of sp³-hybridized carbons (Fsp3) is 0.750. The number of amides is 1. The van der Waals surface area contributed by atoms with Crippen LogP contribution in [-0.4, -0.2) is 42.8 Å². The van der Waals surface area contributed by atoms with Crippen molar-refractivity contribution in [1.29, 1.82) is 0 Å². The molecule has 0 saturated heterocycles. The van der Waals surface area contributed by atoms with Gasteiger partial charge in [0, 0.05) is 30.2 Å². The van der Waals surface area contributed by atoms with Gasteiger partial charge in [-0.2, -0.15) is 0 Å². The predicted molar refractivity (Wildman–Crippen MR) is 67.3 cm³/mol. The Morgan fingerprint density at radius 2 is 2.15 bits per heavy atom. The van der Waals surface area contributed by atoms with Crippen molar-refractivity contribution in [3.63, 3.8) is 0 Å². The fourth-order valence-corrected chi connectivity index (χ4v) is 2.46. The van der Waals surface area contributed by atoms with E-state index in [4.69, 9.17) is 4.74 Å². The summed E-state index contributed by atoms with van der Waals surface area (Å²) in [6.45, 7) is 1.02. The Kier molecular flexibility index (Phi) is 5.60. The molecule has 0 aliphatic heterocycles. The van der Waals surface area contributed by atoms with Crippen molar-refractivity contribution in [3.05, 3.63) is 10.1 Å². The third-order valence-corrected chi connectivity index (χ3v) is 3.57. The Balaban J connectivity index is 2.58. The van der Waals surface area contributed by atoms with Crippen LogP contribution in [0.5, 0.6) is 0 Å². The number of nitrogens with one attached hydrogen (secondary N) is 1. The van der Waals surface area contributed by atoms with Crippen molar-refractivity contribution < 1.29 is 24.0 Å². The lowest BCUT2D eigenvalue weighted by molar-refractivity contribution is -0.490. The van der Waals surface area contributed by atoms with Crippen LogP contribution in [0, 0.1) is 27.9 Å². The first-order chi connectivity index (χ1) is 9.35. The molecule has 20 heavy (non-hydrogen) atoms. The van der Waals surface area contributed by atoms with Gasteiger partial charge in [-0.15, -0.1) is 0 Å². The van der Waals surface area contributed by atoms with Crippen LogP contribution in [0.1, 0.15) is 19.8 Å². The molecule has 8 heteroatoms. The van der Waals surface area contributed by atoms with Gasteiger partial charge in [0.15, 0.2) is 6.61 Å². The average Bonchev–Trinajstić information content (AvgIpc) is 2.62. The molecule has 0 heterocycles. The molecule has 0 aromatic carbocycles. The van der Waals surface area contributed by atoms with E-state index >= 15 is 0 Å². The van der Waals surface area contributed by atoms with E-state index in [1.54, 1.807) is 6.92 Å². The van der Waals surface area contributed by atoms with Crippen molar-refractivity contribution in [3.8, 4) is 0 Å². The number of rotatable bonds is 6. The number of esters is 1. The van der Waals surface area contributed by atoms with E-state index < -0.39 is 35.2 Å². The molecular weight excluding hydrogens is 268 g/mol. The van der Waals surface area contributed by atoms with Crippen molar-refractivity contribution >= 4 is 17.7 Å². The van der Waals surface area contributed by atoms with Crippen LogP contribution in [0.4, 0.5) is 0 Å². The molecule has 0 spiro atoms. The number of hydrogen-bond donors (Lipinski definition) is 1. The lowest BCUT2D eigenvalue weighted by atomic mass is 9.88. The van der Waals surface area contributed by atoms with Gasteiger partial charge in [-0.3, -0.25) is 24.5 Å². The van der Waals surface area contributed by atoms with Gasteiger partial charge < -0.3 is 10.1 Å². The zero-order valence-electron chi connectivity index (χ0n) is 11.5. The zero-order chi connectivity index (χ0) is 15.3. The lowest BCUT2D eigenvalue weighted by Crippen LogP contribution is -2.29. The van der Waals surface area contributed by atoms with E-state index in [1.807, 2.05) is 0 Å². The molecule has 0 bridgehead atoms. The van der Waals surface area contributed by atoms with Crippen LogP contribution in [0.25, 0.3) is 0 Å². The predicted octanol–water partition coefficient (Wildman–Crippen LogP) is -0.216. The van der Waals surface area contributed by atoms with E-state index in [0.29, 0.717) is 0 Å². The first kappa shape index (κ1) is 16.1. The van der Waals surface area contributed by atoms with Gasteiger partial charge in [0.1, 0.15) is 5.78 Å². The third kappa shape index (κ3) is 4.29. The fourth-order valence-electron chi connectivity index (χ4n) is 2.46. The highest BCUT2D eigenvalue weighted by Gasteiger charge is 2.44. The lowest BCUT2D eigenvalue weighted by Gasteiger charge is -2.16. The summed E-state index contributed by atoms with van der Waals surface area (Å²) in [6.07, 6.45) is 0.0323. The van der Waals surface area contributed by atoms with Gasteiger partial charge in [0.05, 0.1) is 6.42 Å². The molecule has 0 unspecified atom stereocenters. The third-order valence-electron chi connectivity index (χ3n) is 3.57. The number of ketones is 1. The van der Waals surface area contributed by atoms with Crippen LogP contribution in [0.15, 0.2) is 0 Å². The van der Waals surface area contributed by atoms with E-state index in [0.717, 1.165) is 0 Å². The molecule has 1 rings (SSSR count). The van der Waals surface area contributed by atoms with Crippen molar-refractivity contribution in [2.75, 3.05) is 20.2 Å². The molecule has 1 aliphatic carbocycles. The van der Waals surface area contributed by atoms with E-state index in [2.05, 4.69) is 5.32 Å². The Morgan fingerprint density at radius 3 is 2.70 bits per heavy atom. The molecule has 0 radical (unpaired) electrons. The standard InChI is InChI=1S/C12H18N2O6/c1-7-3-10(15)8(9(7)5-14(18)19)4-12(17)20-6-11(16)13-2/h7-9H,3-6H2,1-2H3,(H,13,16)/t7-,8+,9+/m0/s1. The maximum absolute atomic E-state index is 11.8. The average molecular weight is 286 g/mol. The molecule has 1 fully saturated rings. The number of hydrogen-bond acceptors (Lipinski definition) is 6. The number of carbonyl (C=O) groups excluding carboxylic acids is 3. The maximum Gasteiger partial charge on any atom is 0.307 e. The first-order valence-corrected chi connectivity index (χ1v) is 6.35. The van der Waals surface area contributed by atoms with Crippen LogP contribution in [-0.2, 0) is 19.1 Å². The minimum absolute atomic E-state index is 0.121. The van der Waals surface area contributed by atoms with Gasteiger partial charge in [0.25, 0.3) is 5.91 Å². The van der Waals surface area contributed by atoms with E-state index in [1.165, 1.54) is 7.05 Å². The van der Waals surface area contributed by atoms with Crippen molar-refractivity contribution in [2.45, 2.75) is 19.8 Å². The summed E-state index contributed by atoms with van der Waals surface area (Å²) < 4.78 is 4.72. The monoisotopic (exact) mass is 286 g/mol. The number of Topliss-reactive ketones (excluding diaryl/α,β-unsaturated/α-hetero) is 1.